The van der Waals surface area contributed by atoms with Crippen LogP contribution in [-0.2, 0) is 13.0 Å². The van der Waals surface area contributed by atoms with Crippen molar-refractivity contribution in [1.29, 1.82) is 0 Å². The van der Waals surface area contributed by atoms with Gasteiger partial charge in [-0.3, -0.25) is 0 Å². The van der Waals surface area contributed by atoms with Crippen LogP contribution in [0.4, 0.5) is 0 Å². The van der Waals surface area contributed by atoms with Gasteiger partial charge in [0, 0.05) is 30.2 Å². The molecule has 1 aromatic carbocycles. The Bertz CT molecular complexity index is 576. The van der Waals surface area contributed by atoms with Crippen LogP contribution in [-0.4, -0.2) is 29.1 Å². The summed E-state index contributed by atoms with van der Waals surface area (Å²) in [5.41, 5.74) is 2.81. The molecule has 2 heterocycles. The summed E-state index contributed by atoms with van der Waals surface area (Å²) >= 11 is 0. The van der Waals surface area contributed by atoms with E-state index in [0.717, 1.165) is 13.0 Å². The number of rotatable bonds is 5. The molecule has 0 bridgehead atoms. The van der Waals surface area contributed by atoms with E-state index in [2.05, 4.69) is 46.5 Å². The number of piperidine rings is 1. The van der Waals surface area contributed by atoms with Crippen molar-refractivity contribution in [3.05, 3.63) is 48.7 Å². The van der Waals surface area contributed by atoms with E-state index < -0.39 is 0 Å². The van der Waals surface area contributed by atoms with Crippen molar-refractivity contribution in [3.63, 3.8) is 0 Å². The second-order valence-electron chi connectivity index (χ2n) is 5.76. The highest BCUT2D eigenvalue weighted by atomic mass is 15.1. The highest BCUT2D eigenvalue weighted by Gasteiger charge is 2.12. The SMILES string of the molecule is C=CCn1cc(CCN2CCCCC2)c2ccccc21. The number of hydrogen-bond donors (Lipinski definition) is 0. The molecule has 0 N–H and O–H groups in total. The molecule has 1 saturated heterocycles. The van der Waals surface area contributed by atoms with E-state index >= 15 is 0 Å². The molecule has 1 aliphatic rings. The fourth-order valence-corrected chi connectivity index (χ4v) is 3.27. The van der Waals surface area contributed by atoms with E-state index in [4.69, 9.17) is 0 Å². The maximum absolute atomic E-state index is 3.86. The minimum Gasteiger partial charge on any atom is -0.343 e. The molecule has 0 radical (unpaired) electrons. The van der Waals surface area contributed by atoms with E-state index in [-0.39, 0.29) is 0 Å². The smallest absolute Gasteiger partial charge is 0.0486 e. The van der Waals surface area contributed by atoms with Crippen molar-refractivity contribution in [2.45, 2.75) is 32.2 Å². The zero-order valence-corrected chi connectivity index (χ0v) is 12.2. The summed E-state index contributed by atoms with van der Waals surface area (Å²) in [7, 11) is 0. The maximum Gasteiger partial charge on any atom is 0.0486 e. The summed E-state index contributed by atoms with van der Waals surface area (Å²) in [6.45, 7) is 8.52. The topological polar surface area (TPSA) is 8.17 Å². The minimum absolute atomic E-state index is 0.893. The van der Waals surface area contributed by atoms with Crippen molar-refractivity contribution in [2.24, 2.45) is 0 Å². The average Bonchev–Trinajstić information content (AvgIpc) is 2.85. The van der Waals surface area contributed by atoms with Gasteiger partial charge in [0.15, 0.2) is 0 Å². The van der Waals surface area contributed by atoms with Gasteiger partial charge in [-0.15, -0.1) is 6.58 Å². The normalized spacial score (nSPS) is 16.6. The number of fused-ring (bicyclic) bond motifs is 1. The van der Waals surface area contributed by atoms with Crippen LogP contribution in [0.25, 0.3) is 10.9 Å². The minimum atomic E-state index is 0.893. The Morgan fingerprint density at radius 3 is 2.70 bits per heavy atom. The fraction of sp³-hybridized carbons (Fsp3) is 0.444. The third-order valence-electron chi connectivity index (χ3n) is 4.34. The van der Waals surface area contributed by atoms with Gasteiger partial charge in [-0.1, -0.05) is 30.7 Å². The quantitative estimate of drug-likeness (QED) is 0.748. The van der Waals surface area contributed by atoms with Crippen LogP contribution in [0.1, 0.15) is 24.8 Å². The molecule has 0 atom stereocenters. The summed E-state index contributed by atoms with van der Waals surface area (Å²) in [6.07, 6.45) is 9.60. The summed E-state index contributed by atoms with van der Waals surface area (Å²) < 4.78 is 2.31. The van der Waals surface area contributed by atoms with Gasteiger partial charge >= 0.3 is 0 Å². The van der Waals surface area contributed by atoms with Crippen molar-refractivity contribution >= 4 is 10.9 Å². The summed E-state index contributed by atoms with van der Waals surface area (Å²) in [5.74, 6) is 0. The van der Waals surface area contributed by atoms with E-state index in [1.807, 2.05) is 6.08 Å². The highest BCUT2D eigenvalue weighted by Crippen LogP contribution is 2.22. The molecule has 2 heteroatoms. The zero-order chi connectivity index (χ0) is 13.8. The van der Waals surface area contributed by atoms with Crippen LogP contribution in [0.3, 0.4) is 0 Å². The van der Waals surface area contributed by atoms with E-state index in [0.29, 0.717) is 0 Å². The highest BCUT2D eigenvalue weighted by molar-refractivity contribution is 5.84. The van der Waals surface area contributed by atoms with Crippen LogP contribution >= 0.6 is 0 Å². The number of nitrogens with zero attached hydrogens (tertiary/aromatic N) is 2. The first kappa shape index (κ1) is 13.4. The summed E-state index contributed by atoms with van der Waals surface area (Å²) in [5, 5.41) is 1.41. The van der Waals surface area contributed by atoms with Crippen LogP contribution < -0.4 is 0 Å². The first-order valence-corrected chi connectivity index (χ1v) is 7.78. The molecule has 2 aromatic rings. The lowest BCUT2D eigenvalue weighted by molar-refractivity contribution is 0.231. The number of benzene rings is 1. The number of allylic oxidation sites excluding steroid dienone is 1. The Morgan fingerprint density at radius 1 is 1.10 bits per heavy atom. The Kier molecular flexibility index (Phi) is 4.22. The second kappa shape index (κ2) is 6.27. The molecular formula is C18H24N2. The lowest BCUT2D eigenvalue weighted by atomic mass is 10.1. The zero-order valence-electron chi connectivity index (χ0n) is 12.2. The second-order valence-corrected chi connectivity index (χ2v) is 5.76. The van der Waals surface area contributed by atoms with Crippen LogP contribution in [0.5, 0.6) is 0 Å². The third-order valence-corrected chi connectivity index (χ3v) is 4.34. The van der Waals surface area contributed by atoms with Crippen LogP contribution in [0.15, 0.2) is 43.1 Å². The van der Waals surface area contributed by atoms with Crippen LogP contribution in [0.2, 0.25) is 0 Å². The summed E-state index contributed by atoms with van der Waals surface area (Å²) in [4.78, 5) is 2.61. The molecule has 0 spiro atoms. The van der Waals surface area contributed by atoms with Gasteiger partial charge in [-0.2, -0.15) is 0 Å². The van der Waals surface area contributed by atoms with Gasteiger partial charge in [-0.05, 0) is 44.0 Å². The van der Waals surface area contributed by atoms with Gasteiger partial charge in [-0.25, -0.2) is 0 Å². The predicted molar refractivity (Wildman–Crippen MR) is 86.1 cm³/mol. The van der Waals surface area contributed by atoms with E-state index in [1.165, 1.54) is 55.4 Å². The van der Waals surface area contributed by atoms with Gasteiger partial charge in [0.05, 0.1) is 0 Å². The third kappa shape index (κ3) is 2.80. The van der Waals surface area contributed by atoms with Gasteiger partial charge < -0.3 is 9.47 Å². The van der Waals surface area contributed by atoms with Crippen molar-refractivity contribution in [2.75, 3.05) is 19.6 Å². The molecule has 1 aliphatic heterocycles. The van der Waals surface area contributed by atoms with Crippen LogP contribution in [0, 0.1) is 0 Å². The average molecular weight is 268 g/mol. The lowest BCUT2D eigenvalue weighted by Gasteiger charge is -2.26. The Morgan fingerprint density at radius 2 is 1.90 bits per heavy atom. The fourth-order valence-electron chi connectivity index (χ4n) is 3.27. The summed E-state index contributed by atoms with van der Waals surface area (Å²) in [6, 6.07) is 8.73. The first-order chi connectivity index (χ1) is 9.88. The number of hydrogen-bond acceptors (Lipinski definition) is 1. The molecule has 0 saturated carbocycles. The first-order valence-electron chi connectivity index (χ1n) is 7.78. The van der Waals surface area contributed by atoms with Crippen molar-refractivity contribution in [3.8, 4) is 0 Å². The molecule has 0 unspecified atom stereocenters. The van der Waals surface area contributed by atoms with Gasteiger partial charge in [0.1, 0.15) is 0 Å². The molecule has 2 nitrogen and oxygen atoms in total. The Balaban J connectivity index is 1.78. The molecule has 1 fully saturated rings. The monoisotopic (exact) mass is 268 g/mol. The maximum atomic E-state index is 3.86. The molecule has 106 valence electrons. The van der Waals surface area contributed by atoms with Gasteiger partial charge in [0.2, 0.25) is 0 Å². The molecule has 1 aromatic heterocycles. The Hall–Kier alpha value is -1.54. The van der Waals surface area contributed by atoms with E-state index in [9.17, 15) is 0 Å². The molecule has 0 amide bonds. The number of para-hydroxylation sites is 1. The number of aromatic nitrogens is 1. The largest absolute Gasteiger partial charge is 0.343 e. The molecule has 3 rings (SSSR count). The lowest BCUT2D eigenvalue weighted by Crippen LogP contribution is -2.31. The van der Waals surface area contributed by atoms with Crippen molar-refractivity contribution in [1.82, 2.24) is 9.47 Å². The molecule has 0 aliphatic carbocycles. The number of likely N-dealkylation sites (tertiary alicyclic amines) is 1. The van der Waals surface area contributed by atoms with Gasteiger partial charge in [0.25, 0.3) is 0 Å². The molecule has 20 heavy (non-hydrogen) atoms. The van der Waals surface area contributed by atoms with E-state index in [1.54, 1.807) is 0 Å². The standard InChI is InChI=1S/C18H24N2/c1-2-11-20-15-16(17-8-4-5-9-18(17)20)10-14-19-12-6-3-7-13-19/h2,4-5,8-9,15H,1,3,6-7,10-14H2. The Labute approximate surface area is 121 Å². The molecular weight excluding hydrogens is 244 g/mol. The van der Waals surface area contributed by atoms with Crippen molar-refractivity contribution < 1.29 is 0 Å². The predicted octanol–water partition coefficient (Wildman–Crippen LogP) is 3.86.